The first kappa shape index (κ1) is 23.9. The van der Waals surface area contributed by atoms with Crippen LogP contribution in [0.25, 0.3) is 5.69 Å². The largest absolute Gasteiger partial charge is 0.356 e. The van der Waals surface area contributed by atoms with Crippen molar-refractivity contribution in [3.8, 4) is 5.69 Å². The molecule has 0 aliphatic carbocycles. The van der Waals surface area contributed by atoms with Crippen LogP contribution in [-0.2, 0) is 17.9 Å². The molecule has 2 saturated heterocycles. The van der Waals surface area contributed by atoms with E-state index in [1.54, 1.807) is 4.68 Å². The average molecular weight is 493 g/mol. The molecule has 2 aliphatic heterocycles. The van der Waals surface area contributed by atoms with Gasteiger partial charge >= 0.3 is 0 Å². The van der Waals surface area contributed by atoms with Gasteiger partial charge < -0.3 is 5.32 Å². The van der Waals surface area contributed by atoms with Gasteiger partial charge in [0.15, 0.2) is 0 Å². The van der Waals surface area contributed by atoms with Gasteiger partial charge in [-0.25, -0.2) is 4.68 Å². The van der Waals surface area contributed by atoms with E-state index >= 15 is 0 Å². The molecule has 35 heavy (non-hydrogen) atoms. The topological polar surface area (TPSA) is 59.3 Å². The zero-order chi connectivity index (χ0) is 24.4. The highest BCUT2D eigenvalue weighted by Crippen LogP contribution is 2.48. The quantitative estimate of drug-likeness (QED) is 0.566. The number of aromatic nitrogens is 2. The SMILES string of the molecule is CCn1c(CN2CCC3(CC2)C(=O)NCCCC3c2ccccc2)c(Cl)c(=O)n1-c1ccccc1. The van der Waals surface area contributed by atoms with Crippen molar-refractivity contribution in [1.82, 2.24) is 19.6 Å². The van der Waals surface area contributed by atoms with Crippen molar-refractivity contribution in [3.05, 3.63) is 87.3 Å². The van der Waals surface area contributed by atoms with Gasteiger partial charge in [-0.3, -0.25) is 19.2 Å². The fourth-order valence-electron chi connectivity index (χ4n) is 6.06. The molecule has 1 atom stereocenters. The van der Waals surface area contributed by atoms with Crippen molar-refractivity contribution >= 4 is 17.5 Å². The summed E-state index contributed by atoms with van der Waals surface area (Å²) in [6, 6.07) is 20.2. The number of nitrogens with one attached hydrogen (secondary N) is 1. The first-order valence-corrected chi connectivity index (χ1v) is 13.0. The highest BCUT2D eigenvalue weighted by molar-refractivity contribution is 6.31. The summed E-state index contributed by atoms with van der Waals surface area (Å²) in [5.74, 6) is 0.423. The molecule has 7 heteroatoms. The standard InChI is InChI=1S/C28H33ClN4O2/c1-2-32-24(25(29)26(34)33(32)22-12-7-4-8-13-22)20-31-18-15-28(16-19-31)23(14-9-17-30-27(28)35)21-10-5-3-6-11-21/h3-8,10-13,23H,2,9,14-20H2,1H3,(H,30,35). The Balaban J connectivity index is 1.40. The molecule has 1 spiro atoms. The summed E-state index contributed by atoms with van der Waals surface area (Å²) < 4.78 is 3.66. The van der Waals surface area contributed by atoms with Gasteiger partial charge in [0.25, 0.3) is 5.56 Å². The van der Waals surface area contributed by atoms with Crippen LogP contribution in [-0.4, -0.2) is 39.8 Å². The molecule has 5 rings (SSSR count). The lowest BCUT2D eigenvalue weighted by molar-refractivity contribution is -0.135. The van der Waals surface area contributed by atoms with Crippen molar-refractivity contribution < 1.29 is 4.79 Å². The molecule has 2 aromatic carbocycles. The molecule has 3 aromatic rings. The molecule has 3 heterocycles. The van der Waals surface area contributed by atoms with E-state index in [1.165, 1.54) is 5.56 Å². The summed E-state index contributed by atoms with van der Waals surface area (Å²) in [6.45, 7) is 5.60. The van der Waals surface area contributed by atoms with Crippen LogP contribution in [0.15, 0.2) is 65.5 Å². The molecule has 2 aliphatic rings. The predicted molar refractivity (Wildman–Crippen MR) is 139 cm³/mol. The number of hydrogen-bond donors (Lipinski definition) is 1. The number of halogens is 1. The Bertz CT molecular complexity index is 1230. The maximum atomic E-state index is 13.4. The Hall–Kier alpha value is -2.83. The number of piperidine rings is 1. The zero-order valence-corrected chi connectivity index (χ0v) is 21.0. The van der Waals surface area contributed by atoms with Crippen LogP contribution < -0.4 is 10.9 Å². The second kappa shape index (κ2) is 10.0. The highest BCUT2D eigenvalue weighted by atomic mass is 35.5. The number of benzene rings is 2. The first-order chi connectivity index (χ1) is 17.0. The molecule has 0 bridgehead atoms. The lowest BCUT2D eigenvalue weighted by Crippen LogP contribution is -2.50. The zero-order valence-electron chi connectivity index (χ0n) is 20.3. The smallest absolute Gasteiger partial charge is 0.290 e. The van der Waals surface area contributed by atoms with E-state index in [2.05, 4.69) is 34.5 Å². The van der Waals surface area contributed by atoms with Gasteiger partial charge in [0.2, 0.25) is 5.91 Å². The van der Waals surface area contributed by atoms with Crippen LogP contribution in [0.3, 0.4) is 0 Å². The van der Waals surface area contributed by atoms with Crippen LogP contribution in [0.5, 0.6) is 0 Å². The number of likely N-dealkylation sites (tertiary alicyclic amines) is 1. The molecule has 2 fully saturated rings. The maximum absolute atomic E-state index is 13.4. The van der Waals surface area contributed by atoms with Crippen molar-refractivity contribution in [2.24, 2.45) is 5.41 Å². The van der Waals surface area contributed by atoms with Crippen molar-refractivity contribution in [2.45, 2.75) is 51.6 Å². The fourth-order valence-corrected chi connectivity index (χ4v) is 6.29. The fraction of sp³-hybridized carbons (Fsp3) is 0.429. The normalized spacial score (nSPS) is 20.5. The summed E-state index contributed by atoms with van der Waals surface area (Å²) in [5.41, 5.74) is 2.34. The van der Waals surface area contributed by atoms with Crippen molar-refractivity contribution in [2.75, 3.05) is 19.6 Å². The summed E-state index contributed by atoms with van der Waals surface area (Å²) >= 11 is 6.61. The first-order valence-electron chi connectivity index (χ1n) is 12.7. The van der Waals surface area contributed by atoms with Crippen LogP contribution >= 0.6 is 11.6 Å². The second-order valence-electron chi connectivity index (χ2n) is 9.72. The third kappa shape index (κ3) is 4.34. The number of para-hydroxylation sites is 1. The molecule has 184 valence electrons. The van der Waals surface area contributed by atoms with Crippen molar-refractivity contribution in [1.29, 1.82) is 0 Å². The Morgan fingerprint density at radius 3 is 2.31 bits per heavy atom. The number of hydrogen-bond acceptors (Lipinski definition) is 3. The van der Waals surface area contributed by atoms with Gasteiger partial charge in [-0.05, 0) is 69.3 Å². The molecule has 0 saturated carbocycles. The molecular weight excluding hydrogens is 460 g/mol. The average Bonchev–Trinajstić information content (AvgIpc) is 3.03. The third-order valence-electron chi connectivity index (χ3n) is 7.88. The Kier molecular flexibility index (Phi) is 6.85. The van der Waals surface area contributed by atoms with E-state index < -0.39 is 5.41 Å². The molecule has 1 amide bonds. The van der Waals surface area contributed by atoms with Crippen molar-refractivity contribution in [3.63, 3.8) is 0 Å². The summed E-state index contributed by atoms with van der Waals surface area (Å²) in [4.78, 5) is 28.8. The number of amides is 1. The minimum Gasteiger partial charge on any atom is -0.356 e. The van der Waals surface area contributed by atoms with Crippen LogP contribution in [0.1, 0.15) is 49.8 Å². The van der Waals surface area contributed by atoms with Crippen LogP contribution in [0.2, 0.25) is 5.02 Å². The molecule has 1 N–H and O–H groups in total. The van der Waals surface area contributed by atoms with E-state index in [0.717, 1.165) is 56.7 Å². The van der Waals surface area contributed by atoms with Gasteiger partial charge in [0, 0.05) is 19.6 Å². The Morgan fingerprint density at radius 2 is 1.66 bits per heavy atom. The highest BCUT2D eigenvalue weighted by Gasteiger charge is 2.48. The van der Waals surface area contributed by atoms with Gasteiger partial charge in [-0.2, -0.15) is 0 Å². The number of rotatable bonds is 5. The van der Waals surface area contributed by atoms with Gasteiger partial charge in [0.1, 0.15) is 5.02 Å². The van der Waals surface area contributed by atoms with Crippen LogP contribution in [0.4, 0.5) is 0 Å². The van der Waals surface area contributed by atoms with E-state index in [-0.39, 0.29) is 22.4 Å². The Morgan fingerprint density at radius 1 is 1.00 bits per heavy atom. The molecule has 6 nitrogen and oxygen atoms in total. The summed E-state index contributed by atoms with van der Waals surface area (Å²) in [5, 5.41) is 3.48. The molecule has 0 radical (unpaired) electrons. The minimum atomic E-state index is -0.390. The van der Waals surface area contributed by atoms with E-state index in [4.69, 9.17) is 11.6 Å². The number of carbonyl (C=O) groups is 1. The van der Waals surface area contributed by atoms with Gasteiger partial charge in [0.05, 0.1) is 16.8 Å². The van der Waals surface area contributed by atoms with Gasteiger partial charge in [-0.1, -0.05) is 60.1 Å². The summed E-state index contributed by atoms with van der Waals surface area (Å²) in [6.07, 6.45) is 3.61. The maximum Gasteiger partial charge on any atom is 0.290 e. The second-order valence-corrected chi connectivity index (χ2v) is 10.1. The minimum absolute atomic E-state index is 0.185. The summed E-state index contributed by atoms with van der Waals surface area (Å²) in [7, 11) is 0. The van der Waals surface area contributed by atoms with E-state index in [9.17, 15) is 9.59 Å². The molecular formula is C28H33ClN4O2. The lowest BCUT2D eigenvalue weighted by Gasteiger charge is -2.44. The Labute approximate surface area is 211 Å². The number of carbonyl (C=O) groups excluding carboxylic acids is 1. The molecule has 1 unspecified atom stereocenters. The van der Waals surface area contributed by atoms with E-state index in [1.807, 2.05) is 48.0 Å². The third-order valence-corrected chi connectivity index (χ3v) is 8.26. The van der Waals surface area contributed by atoms with Gasteiger partial charge in [-0.15, -0.1) is 0 Å². The monoisotopic (exact) mass is 492 g/mol. The van der Waals surface area contributed by atoms with Crippen LogP contribution in [0, 0.1) is 5.41 Å². The molecule has 1 aromatic heterocycles. The van der Waals surface area contributed by atoms with E-state index in [0.29, 0.717) is 13.1 Å². The lowest BCUT2D eigenvalue weighted by atomic mass is 9.64. The predicted octanol–water partition coefficient (Wildman–Crippen LogP) is 4.59. The number of nitrogens with zero attached hydrogens (tertiary/aromatic N) is 3.